The van der Waals surface area contributed by atoms with Crippen LogP contribution in [0.2, 0.25) is 0 Å². The summed E-state index contributed by atoms with van der Waals surface area (Å²) >= 11 is 0. The van der Waals surface area contributed by atoms with E-state index in [1.807, 2.05) is 6.92 Å². The molecule has 0 spiro atoms. The lowest BCUT2D eigenvalue weighted by Gasteiger charge is -2.06. The summed E-state index contributed by atoms with van der Waals surface area (Å²) in [5.41, 5.74) is 0.545. The van der Waals surface area contributed by atoms with Gasteiger partial charge in [0.15, 0.2) is 5.82 Å². The van der Waals surface area contributed by atoms with Gasteiger partial charge in [-0.05, 0) is 18.6 Å². The zero-order valence-corrected chi connectivity index (χ0v) is 11.4. The average molecular weight is 290 g/mol. The second-order valence-corrected chi connectivity index (χ2v) is 4.42. The summed E-state index contributed by atoms with van der Waals surface area (Å²) in [7, 11) is 0. The molecule has 0 fully saturated rings. The standard InChI is InChI=1S/C16H13F3N2/c1-2-3-4-5-12-10-20-15(21-11-12)13-6-8-14(9-7-13)16(17,18)19/h6-11H,2-3H2,1H3. The summed E-state index contributed by atoms with van der Waals surface area (Å²) in [4.78, 5) is 8.25. The molecular formula is C16H13F3N2. The van der Waals surface area contributed by atoms with Crippen molar-refractivity contribution in [3.63, 3.8) is 0 Å². The van der Waals surface area contributed by atoms with E-state index in [9.17, 15) is 13.2 Å². The van der Waals surface area contributed by atoms with Gasteiger partial charge in [0.2, 0.25) is 0 Å². The summed E-state index contributed by atoms with van der Waals surface area (Å²) in [5, 5.41) is 0. The highest BCUT2D eigenvalue weighted by Gasteiger charge is 2.30. The second kappa shape index (κ2) is 6.40. The van der Waals surface area contributed by atoms with E-state index in [1.54, 1.807) is 12.4 Å². The fourth-order valence-electron chi connectivity index (χ4n) is 1.64. The van der Waals surface area contributed by atoms with Crippen molar-refractivity contribution in [2.45, 2.75) is 25.9 Å². The van der Waals surface area contributed by atoms with Gasteiger partial charge in [0.25, 0.3) is 0 Å². The van der Waals surface area contributed by atoms with Crippen LogP contribution in [0.3, 0.4) is 0 Å². The average Bonchev–Trinajstić information content (AvgIpc) is 2.48. The predicted octanol–water partition coefficient (Wildman–Crippen LogP) is 4.31. The predicted molar refractivity (Wildman–Crippen MR) is 74.3 cm³/mol. The zero-order chi connectivity index (χ0) is 15.3. The molecule has 0 aliphatic carbocycles. The van der Waals surface area contributed by atoms with Crippen LogP contribution >= 0.6 is 0 Å². The Balaban J connectivity index is 2.18. The van der Waals surface area contributed by atoms with Crippen LogP contribution in [0.5, 0.6) is 0 Å². The van der Waals surface area contributed by atoms with Crippen molar-refractivity contribution in [1.82, 2.24) is 9.97 Å². The number of rotatable bonds is 2. The van der Waals surface area contributed by atoms with Gasteiger partial charge >= 0.3 is 6.18 Å². The molecular weight excluding hydrogens is 277 g/mol. The van der Waals surface area contributed by atoms with E-state index >= 15 is 0 Å². The van der Waals surface area contributed by atoms with Gasteiger partial charge in [0.05, 0.1) is 11.1 Å². The van der Waals surface area contributed by atoms with Gasteiger partial charge in [-0.2, -0.15) is 13.2 Å². The van der Waals surface area contributed by atoms with E-state index in [-0.39, 0.29) is 0 Å². The number of aromatic nitrogens is 2. The molecule has 0 saturated carbocycles. The van der Waals surface area contributed by atoms with Crippen molar-refractivity contribution < 1.29 is 13.2 Å². The van der Waals surface area contributed by atoms with Gasteiger partial charge in [0.1, 0.15) is 0 Å². The van der Waals surface area contributed by atoms with E-state index in [4.69, 9.17) is 0 Å². The number of halogens is 3. The molecule has 0 amide bonds. The molecule has 0 N–H and O–H groups in total. The molecule has 0 aliphatic heterocycles. The molecule has 108 valence electrons. The highest BCUT2D eigenvalue weighted by Crippen LogP contribution is 2.30. The number of hydrogen-bond acceptors (Lipinski definition) is 2. The molecule has 21 heavy (non-hydrogen) atoms. The Morgan fingerprint density at radius 2 is 1.67 bits per heavy atom. The topological polar surface area (TPSA) is 25.8 Å². The molecule has 0 unspecified atom stereocenters. The monoisotopic (exact) mass is 290 g/mol. The van der Waals surface area contributed by atoms with E-state index in [2.05, 4.69) is 21.8 Å². The number of nitrogens with zero attached hydrogens (tertiary/aromatic N) is 2. The van der Waals surface area contributed by atoms with E-state index in [1.165, 1.54) is 12.1 Å². The quantitative estimate of drug-likeness (QED) is 0.770. The molecule has 2 aromatic rings. The lowest BCUT2D eigenvalue weighted by molar-refractivity contribution is -0.137. The third-order valence-electron chi connectivity index (χ3n) is 2.73. The molecule has 1 heterocycles. The Bertz CT molecular complexity index is 647. The first-order valence-corrected chi connectivity index (χ1v) is 6.49. The minimum Gasteiger partial charge on any atom is -0.235 e. The minimum absolute atomic E-state index is 0.379. The Morgan fingerprint density at radius 1 is 1.05 bits per heavy atom. The fourth-order valence-corrected chi connectivity index (χ4v) is 1.64. The zero-order valence-electron chi connectivity index (χ0n) is 11.4. The first kappa shape index (κ1) is 15.0. The second-order valence-electron chi connectivity index (χ2n) is 4.42. The summed E-state index contributed by atoms with van der Waals surface area (Å²) in [6.07, 6.45) is 0.599. The number of alkyl halides is 3. The fraction of sp³-hybridized carbons (Fsp3) is 0.250. The van der Waals surface area contributed by atoms with Crippen molar-refractivity contribution in [3.05, 3.63) is 47.8 Å². The van der Waals surface area contributed by atoms with Gasteiger partial charge in [0, 0.05) is 24.4 Å². The van der Waals surface area contributed by atoms with Gasteiger partial charge < -0.3 is 0 Å². The van der Waals surface area contributed by atoms with E-state index in [0.29, 0.717) is 17.0 Å². The molecule has 2 nitrogen and oxygen atoms in total. The third-order valence-corrected chi connectivity index (χ3v) is 2.73. The van der Waals surface area contributed by atoms with Gasteiger partial charge in [-0.1, -0.05) is 30.9 Å². The molecule has 1 aromatic carbocycles. The molecule has 1 aromatic heterocycles. The SMILES string of the molecule is CCCC#Cc1cnc(-c2ccc(C(F)(F)F)cc2)nc1. The minimum atomic E-state index is -4.34. The molecule has 5 heteroatoms. The van der Waals surface area contributed by atoms with E-state index < -0.39 is 11.7 Å². The third kappa shape index (κ3) is 4.06. The maximum absolute atomic E-state index is 12.5. The summed E-state index contributed by atoms with van der Waals surface area (Å²) in [5.74, 6) is 6.29. The van der Waals surface area contributed by atoms with Crippen LogP contribution in [0, 0.1) is 11.8 Å². The molecule has 2 rings (SSSR count). The van der Waals surface area contributed by atoms with Crippen LogP contribution in [0.25, 0.3) is 11.4 Å². The van der Waals surface area contributed by atoms with Gasteiger partial charge in [-0.15, -0.1) is 0 Å². The van der Waals surface area contributed by atoms with Crippen molar-refractivity contribution in [2.75, 3.05) is 0 Å². The normalized spacial score (nSPS) is 10.9. The highest BCUT2D eigenvalue weighted by atomic mass is 19.4. The number of benzene rings is 1. The summed E-state index contributed by atoms with van der Waals surface area (Å²) in [6, 6.07) is 4.77. The Kier molecular flexibility index (Phi) is 4.59. The van der Waals surface area contributed by atoms with Gasteiger partial charge in [-0.3, -0.25) is 0 Å². The Hall–Kier alpha value is -2.35. The molecule has 0 radical (unpaired) electrons. The van der Waals surface area contributed by atoms with Crippen LogP contribution < -0.4 is 0 Å². The van der Waals surface area contributed by atoms with Crippen LogP contribution in [-0.4, -0.2) is 9.97 Å². The van der Waals surface area contributed by atoms with Crippen molar-refractivity contribution in [1.29, 1.82) is 0 Å². The lowest BCUT2D eigenvalue weighted by Crippen LogP contribution is -2.04. The lowest BCUT2D eigenvalue weighted by atomic mass is 10.1. The molecule has 0 atom stereocenters. The van der Waals surface area contributed by atoms with Crippen LogP contribution in [0.4, 0.5) is 13.2 Å². The van der Waals surface area contributed by atoms with Crippen molar-refractivity contribution >= 4 is 0 Å². The Morgan fingerprint density at radius 3 is 2.19 bits per heavy atom. The van der Waals surface area contributed by atoms with Crippen LogP contribution in [0.1, 0.15) is 30.9 Å². The first-order chi connectivity index (χ1) is 10.0. The molecule has 0 saturated heterocycles. The van der Waals surface area contributed by atoms with Crippen LogP contribution in [0.15, 0.2) is 36.7 Å². The van der Waals surface area contributed by atoms with Crippen molar-refractivity contribution in [3.8, 4) is 23.2 Å². The first-order valence-electron chi connectivity index (χ1n) is 6.49. The largest absolute Gasteiger partial charge is 0.416 e. The molecule has 0 bridgehead atoms. The number of hydrogen-bond donors (Lipinski definition) is 0. The van der Waals surface area contributed by atoms with Crippen molar-refractivity contribution in [2.24, 2.45) is 0 Å². The van der Waals surface area contributed by atoms with Crippen LogP contribution in [-0.2, 0) is 6.18 Å². The molecule has 0 aliphatic rings. The Labute approximate surface area is 121 Å². The highest BCUT2D eigenvalue weighted by molar-refractivity contribution is 5.55. The summed E-state index contributed by atoms with van der Waals surface area (Å²) in [6.45, 7) is 2.04. The smallest absolute Gasteiger partial charge is 0.235 e. The van der Waals surface area contributed by atoms with Gasteiger partial charge in [-0.25, -0.2) is 9.97 Å². The maximum Gasteiger partial charge on any atom is 0.416 e. The van der Waals surface area contributed by atoms with E-state index in [0.717, 1.165) is 25.0 Å². The maximum atomic E-state index is 12.5. The number of unbranched alkanes of at least 4 members (excludes halogenated alkanes) is 1. The summed E-state index contributed by atoms with van der Waals surface area (Å²) < 4.78 is 37.4.